The van der Waals surface area contributed by atoms with E-state index in [1.165, 1.54) is 0 Å². The summed E-state index contributed by atoms with van der Waals surface area (Å²) in [6, 6.07) is 0.301. The Labute approximate surface area is 105 Å². The Kier molecular flexibility index (Phi) is 3.67. The second-order valence-electron chi connectivity index (χ2n) is 4.31. The summed E-state index contributed by atoms with van der Waals surface area (Å²) < 4.78 is 25.7. The molecule has 18 heavy (non-hydrogen) atoms. The fourth-order valence-electron chi connectivity index (χ4n) is 1.60. The van der Waals surface area contributed by atoms with Crippen molar-refractivity contribution in [3.05, 3.63) is 22.7 Å². The average molecular weight is 272 g/mol. The number of hydrogen-bond donors (Lipinski definition) is 2. The van der Waals surface area contributed by atoms with Crippen molar-refractivity contribution in [2.24, 2.45) is 0 Å². The van der Waals surface area contributed by atoms with Crippen LogP contribution in [-0.2, 0) is 10.0 Å². The van der Waals surface area contributed by atoms with Crippen molar-refractivity contribution >= 4 is 15.8 Å². The van der Waals surface area contributed by atoms with Crippen LogP contribution in [-0.4, -0.2) is 37.3 Å². The molecule has 0 spiro atoms. The molecule has 2 rings (SSSR count). The van der Waals surface area contributed by atoms with Gasteiger partial charge in [-0.15, -0.1) is 0 Å². The second kappa shape index (κ2) is 5.07. The van der Waals surface area contributed by atoms with Gasteiger partial charge in [-0.05, 0) is 12.8 Å². The van der Waals surface area contributed by atoms with Gasteiger partial charge in [-0.1, -0.05) is 0 Å². The minimum absolute atomic E-state index is 0.153. The van der Waals surface area contributed by atoms with Crippen molar-refractivity contribution in [3.8, 4) is 0 Å². The summed E-state index contributed by atoms with van der Waals surface area (Å²) >= 11 is 0. The van der Waals surface area contributed by atoms with Gasteiger partial charge in [-0.25, -0.2) is 18.1 Å². The molecule has 0 bridgehead atoms. The van der Waals surface area contributed by atoms with Gasteiger partial charge in [0.25, 0.3) is 5.56 Å². The molecular formula is C10H16N4O3S. The molecular weight excluding hydrogens is 256 g/mol. The molecule has 0 aromatic carbocycles. The van der Waals surface area contributed by atoms with E-state index in [-0.39, 0.29) is 17.9 Å². The zero-order valence-electron chi connectivity index (χ0n) is 10.1. The molecule has 100 valence electrons. The minimum atomic E-state index is -3.19. The van der Waals surface area contributed by atoms with Crippen molar-refractivity contribution in [2.75, 3.05) is 24.7 Å². The Hall–Kier alpha value is -1.41. The van der Waals surface area contributed by atoms with E-state index in [9.17, 15) is 13.2 Å². The normalized spacial score (nSPS) is 15.6. The van der Waals surface area contributed by atoms with E-state index in [0.29, 0.717) is 12.6 Å². The van der Waals surface area contributed by atoms with Crippen LogP contribution in [0.3, 0.4) is 0 Å². The Morgan fingerprint density at radius 3 is 2.78 bits per heavy atom. The molecule has 1 aromatic rings. The van der Waals surface area contributed by atoms with Crippen molar-refractivity contribution in [2.45, 2.75) is 18.9 Å². The van der Waals surface area contributed by atoms with Crippen LogP contribution in [0.2, 0.25) is 0 Å². The van der Waals surface area contributed by atoms with Crippen LogP contribution in [0.5, 0.6) is 0 Å². The number of nitrogens with one attached hydrogen (secondary N) is 2. The lowest BCUT2D eigenvalue weighted by molar-refractivity contribution is 0.589. The quantitative estimate of drug-likeness (QED) is 0.684. The van der Waals surface area contributed by atoms with Gasteiger partial charge in [0.2, 0.25) is 10.0 Å². The van der Waals surface area contributed by atoms with E-state index in [1.807, 2.05) is 0 Å². The van der Waals surface area contributed by atoms with Crippen LogP contribution in [0.1, 0.15) is 18.9 Å². The Morgan fingerprint density at radius 2 is 2.17 bits per heavy atom. The van der Waals surface area contributed by atoms with Crippen LogP contribution in [0.4, 0.5) is 5.82 Å². The molecule has 1 fully saturated rings. The van der Waals surface area contributed by atoms with Crippen molar-refractivity contribution in [1.29, 1.82) is 0 Å². The summed E-state index contributed by atoms with van der Waals surface area (Å²) in [5.74, 6) is 0.264. The second-order valence-corrected chi connectivity index (χ2v) is 6.15. The molecule has 1 aliphatic rings. The molecule has 7 nitrogen and oxygen atoms in total. The van der Waals surface area contributed by atoms with Crippen molar-refractivity contribution in [3.63, 3.8) is 0 Å². The van der Waals surface area contributed by atoms with Crippen molar-refractivity contribution < 1.29 is 8.42 Å². The van der Waals surface area contributed by atoms with Crippen molar-refractivity contribution in [1.82, 2.24) is 14.3 Å². The summed E-state index contributed by atoms with van der Waals surface area (Å²) in [7, 11) is -3.19. The molecule has 0 unspecified atom stereocenters. The van der Waals surface area contributed by atoms with E-state index in [4.69, 9.17) is 0 Å². The first-order valence-corrected chi connectivity index (χ1v) is 7.62. The van der Waals surface area contributed by atoms with E-state index < -0.39 is 10.0 Å². The average Bonchev–Trinajstić information content (AvgIpc) is 3.09. The topological polar surface area (TPSA) is 93.1 Å². The lowest BCUT2D eigenvalue weighted by Gasteiger charge is -2.08. The number of nitrogens with zero attached hydrogens (tertiary/aromatic N) is 2. The van der Waals surface area contributed by atoms with Gasteiger partial charge >= 0.3 is 0 Å². The molecule has 0 radical (unpaired) electrons. The maximum absolute atomic E-state index is 11.9. The highest BCUT2D eigenvalue weighted by Crippen LogP contribution is 2.33. The van der Waals surface area contributed by atoms with Crippen LogP contribution in [0.25, 0.3) is 0 Å². The predicted octanol–water partition coefficient (Wildman–Crippen LogP) is -0.461. The van der Waals surface area contributed by atoms with Gasteiger partial charge in [0, 0.05) is 31.5 Å². The predicted molar refractivity (Wildman–Crippen MR) is 68.1 cm³/mol. The first kappa shape index (κ1) is 13.0. The molecule has 0 amide bonds. The lowest BCUT2D eigenvalue weighted by Crippen LogP contribution is -2.30. The maximum Gasteiger partial charge on any atom is 0.293 e. The summed E-state index contributed by atoms with van der Waals surface area (Å²) in [5.41, 5.74) is -0.153. The van der Waals surface area contributed by atoms with Gasteiger partial charge in [0.1, 0.15) is 0 Å². The molecule has 1 heterocycles. The molecule has 0 saturated heterocycles. The Morgan fingerprint density at radius 1 is 1.44 bits per heavy atom. The van der Waals surface area contributed by atoms with Crippen LogP contribution in [0.15, 0.2) is 17.2 Å². The van der Waals surface area contributed by atoms with E-state index in [2.05, 4.69) is 15.0 Å². The van der Waals surface area contributed by atoms with Gasteiger partial charge in [-0.3, -0.25) is 4.79 Å². The fraction of sp³-hybridized carbons (Fsp3) is 0.600. The Bertz CT molecular complexity index is 577. The van der Waals surface area contributed by atoms with Crippen LogP contribution >= 0.6 is 0 Å². The van der Waals surface area contributed by atoms with E-state index >= 15 is 0 Å². The highest BCUT2D eigenvalue weighted by atomic mass is 32.2. The third kappa shape index (κ3) is 3.54. The van der Waals surface area contributed by atoms with Gasteiger partial charge in [0.15, 0.2) is 5.82 Å². The standard InChI is InChI=1S/C10H16N4O3S/c1-18(16,17)13-5-4-11-9-10(15)14(7-6-12-9)8-2-3-8/h6-8,13H,2-5H2,1H3,(H,11,12). The van der Waals surface area contributed by atoms with E-state index in [1.54, 1.807) is 17.0 Å². The van der Waals surface area contributed by atoms with Gasteiger partial charge in [0.05, 0.1) is 6.26 Å². The number of sulfonamides is 1. The summed E-state index contributed by atoms with van der Waals surface area (Å²) in [5, 5.41) is 2.84. The first-order chi connectivity index (χ1) is 8.47. The summed E-state index contributed by atoms with van der Waals surface area (Å²) in [4.78, 5) is 15.9. The molecule has 1 aliphatic carbocycles. The van der Waals surface area contributed by atoms with Gasteiger partial charge in [-0.2, -0.15) is 0 Å². The largest absolute Gasteiger partial charge is 0.364 e. The molecule has 1 saturated carbocycles. The van der Waals surface area contributed by atoms with Crippen LogP contribution < -0.4 is 15.6 Å². The minimum Gasteiger partial charge on any atom is -0.364 e. The highest BCUT2D eigenvalue weighted by Gasteiger charge is 2.25. The molecule has 2 N–H and O–H groups in total. The van der Waals surface area contributed by atoms with Crippen LogP contribution in [0, 0.1) is 0 Å². The number of anilines is 1. The summed E-state index contributed by atoms with van der Waals surface area (Å²) in [6.07, 6.45) is 6.40. The van der Waals surface area contributed by atoms with Gasteiger partial charge < -0.3 is 9.88 Å². The molecule has 0 aliphatic heterocycles. The first-order valence-electron chi connectivity index (χ1n) is 5.73. The summed E-state index contributed by atoms with van der Waals surface area (Å²) in [6.45, 7) is 0.544. The Balaban J connectivity index is 1.93. The lowest BCUT2D eigenvalue weighted by atomic mass is 10.5. The van der Waals surface area contributed by atoms with E-state index in [0.717, 1.165) is 19.1 Å². The SMILES string of the molecule is CS(=O)(=O)NCCNc1nccn(C2CC2)c1=O. The number of rotatable bonds is 6. The monoisotopic (exact) mass is 272 g/mol. The number of hydrogen-bond acceptors (Lipinski definition) is 5. The smallest absolute Gasteiger partial charge is 0.293 e. The zero-order chi connectivity index (χ0) is 13.2. The fourth-order valence-corrected chi connectivity index (χ4v) is 2.08. The zero-order valence-corrected chi connectivity index (χ0v) is 10.9. The maximum atomic E-state index is 11.9. The number of aromatic nitrogens is 2. The molecule has 0 atom stereocenters. The third-order valence-corrected chi connectivity index (χ3v) is 3.32. The third-order valence-electron chi connectivity index (χ3n) is 2.59. The molecule has 8 heteroatoms. The molecule has 1 aromatic heterocycles. The highest BCUT2D eigenvalue weighted by molar-refractivity contribution is 7.88.